The van der Waals surface area contributed by atoms with Crippen molar-refractivity contribution < 1.29 is 30.8 Å². The summed E-state index contributed by atoms with van der Waals surface area (Å²) in [6, 6.07) is 22.8. The van der Waals surface area contributed by atoms with Gasteiger partial charge in [0.25, 0.3) is 20.0 Å². The van der Waals surface area contributed by atoms with E-state index in [9.17, 15) is 26.0 Å². The Balaban J connectivity index is 1.55. The van der Waals surface area contributed by atoms with Gasteiger partial charge in [-0.05, 0) is 79.7 Å². The van der Waals surface area contributed by atoms with Crippen molar-refractivity contribution in [3.63, 3.8) is 0 Å². The number of nitrogens with one attached hydrogen (secondary N) is 2. The molecule has 208 valence electrons. The van der Waals surface area contributed by atoms with Crippen LogP contribution in [0, 0.1) is 12.7 Å². The summed E-state index contributed by atoms with van der Waals surface area (Å²) in [5.74, 6) is -0.908. The summed E-state index contributed by atoms with van der Waals surface area (Å²) < 4.78 is 74.4. The van der Waals surface area contributed by atoms with Gasteiger partial charge in [-0.3, -0.25) is 13.8 Å². The molecule has 0 spiro atoms. The highest BCUT2D eigenvalue weighted by Gasteiger charge is 2.29. The number of hydrogen-bond acceptors (Lipinski definition) is 6. The zero-order valence-electron chi connectivity index (χ0n) is 21.5. The number of aryl methyl sites for hydroxylation is 1. The molecule has 12 heteroatoms. The number of amides is 1. The fourth-order valence-corrected chi connectivity index (χ4v) is 6.24. The molecule has 1 amide bonds. The van der Waals surface area contributed by atoms with E-state index in [0.29, 0.717) is 0 Å². The lowest BCUT2D eigenvalue weighted by Gasteiger charge is -2.25. The number of anilines is 3. The standard InChI is InChI=1S/C28H26FN3O6S2/c1-20-7-15-25(16-8-20)40(36,37)32(26-5-3-4-6-27(26)38-2)19-28(33)30-22-13-17-24(18-14-22)39(34,35)31-23-11-9-21(29)10-12-23/h3-18,31H,19H2,1-2H3,(H,30,33). The highest BCUT2D eigenvalue weighted by Crippen LogP contribution is 2.32. The summed E-state index contributed by atoms with van der Waals surface area (Å²) in [5, 5.41) is 2.60. The number of methoxy groups -OCH3 is 1. The predicted octanol–water partition coefficient (Wildman–Crippen LogP) is 4.78. The van der Waals surface area contributed by atoms with Crippen molar-refractivity contribution in [2.45, 2.75) is 16.7 Å². The average molecular weight is 584 g/mol. The van der Waals surface area contributed by atoms with Gasteiger partial charge in [0.1, 0.15) is 18.1 Å². The summed E-state index contributed by atoms with van der Waals surface area (Å²) >= 11 is 0. The van der Waals surface area contributed by atoms with E-state index in [2.05, 4.69) is 10.0 Å². The van der Waals surface area contributed by atoms with Gasteiger partial charge < -0.3 is 10.1 Å². The van der Waals surface area contributed by atoms with Crippen LogP contribution in [0.1, 0.15) is 5.56 Å². The minimum atomic E-state index is -4.17. The molecule has 4 aromatic carbocycles. The third-order valence-corrected chi connectivity index (χ3v) is 8.97. The molecule has 2 N–H and O–H groups in total. The van der Waals surface area contributed by atoms with Gasteiger partial charge in [0, 0.05) is 11.4 Å². The Morgan fingerprint density at radius 3 is 2.00 bits per heavy atom. The molecule has 0 aliphatic rings. The van der Waals surface area contributed by atoms with Gasteiger partial charge in [-0.25, -0.2) is 21.2 Å². The molecule has 0 aliphatic carbocycles. The lowest BCUT2D eigenvalue weighted by Crippen LogP contribution is -2.38. The van der Waals surface area contributed by atoms with E-state index in [1.54, 1.807) is 30.3 Å². The fraction of sp³-hybridized carbons (Fsp3) is 0.107. The van der Waals surface area contributed by atoms with Gasteiger partial charge >= 0.3 is 0 Å². The summed E-state index contributed by atoms with van der Waals surface area (Å²) in [6.45, 7) is 1.25. The molecule has 0 saturated carbocycles. The summed E-state index contributed by atoms with van der Waals surface area (Å²) in [5.41, 5.74) is 1.48. The number of hydrogen-bond donors (Lipinski definition) is 2. The Morgan fingerprint density at radius 1 is 0.800 bits per heavy atom. The molecule has 0 heterocycles. The topological polar surface area (TPSA) is 122 Å². The third-order valence-electron chi connectivity index (χ3n) is 5.79. The number of carbonyl (C=O) groups is 1. The number of nitrogens with zero attached hydrogens (tertiary/aromatic N) is 1. The van der Waals surface area contributed by atoms with Crippen LogP contribution >= 0.6 is 0 Å². The van der Waals surface area contributed by atoms with Crippen LogP contribution in [-0.4, -0.2) is 36.4 Å². The highest BCUT2D eigenvalue weighted by atomic mass is 32.2. The van der Waals surface area contributed by atoms with Crippen LogP contribution < -0.4 is 19.1 Å². The van der Waals surface area contributed by atoms with Crippen LogP contribution in [0.25, 0.3) is 0 Å². The second-order valence-electron chi connectivity index (χ2n) is 8.68. The van der Waals surface area contributed by atoms with E-state index in [4.69, 9.17) is 4.74 Å². The molecule has 0 unspecified atom stereocenters. The first-order valence-electron chi connectivity index (χ1n) is 11.9. The molecule has 0 fully saturated rings. The number of benzene rings is 4. The zero-order valence-corrected chi connectivity index (χ0v) is 23.2. The second-order valence-corrected chi connectivity index (χ2v) is 12.2. The first-order valence-corrected chi connectivity index (χ1v) is 14.8. The average Bonchev–Trinajstić information content (AvgIpc) is 2.93. The number of carbonyl (C=O) groups excluding carboxylic acids is 1. The fourth-order valence-electron chi connectivity index (χ4n) is 3.75. The number of halogens is 1. The number of para-hydroxylation sites is 2. The van der Waals surface area contributed by atoms with Crippen molar-refractivity contribution in [2.24, 2.45) is 0 Å². The summed E-state index contributed by atoms with van der Waals surface area (Å²) in [7, 11) is -6.74. The van der Waals surface area contributed by atoms with Crippen molar-refractivity contribution in [3.8, 4) is 5.75 Å². The van der Waals surface area contributed by atoms with E-state index in [0.717, 1.165) is 22.0 Å². The monoisotopic (exact) mass is 583 g/mol. The summed E-state index contributed by atoms with van der Waals surface area (Å²) in [4.78, 5) is 13.0. The van der Waals surface area contributed by atoms with E-state index in [1.807, 2.05) is 6.92 Å². The Labute approximate surface area is 232 Å². The maximum atomic E-state index is 13.6. The van der Waals surface area contributed by atoms with Crippen LogP contribution in [0.15, 0.2) is 107 Å². The van der Waals surface area contributed by atoms with Crippen LogP contribution in [0.5, 0.6) is 5.75 Å². The molecule has 0 radical (unpaired) electrons. The van der Waals surface area contributed by atoms with Crippen molar-refractivity contribution in [3.05, 3.63) is 108 Å². The first kappa shape index (κ1) is 28.6. The maximum Gasteiger partial charge on any atom is 0.264 e. The Hall–Kier alpha value is -4.42. The molecule has 0 aromatic heterocycles. The van der Waals surface area contributed by atoms with E-state index in [-0.39, 0.29) is 32.6 Å². The smallest absolute Gasteiger partial charge is 0.264 e. The van der Waals surface area contributed by atoms with Crippen molar-refractivity contribution >= 4 is 43.0 Å². The molecule has 9 nitrogen and oxygen atoms in total. The first-order chi connectivity index (χ1) is 19.0. The molecule has 40 heavy (non-hydrogen) atoms. The molecular formula is C28H26FN3O6S2. The molecule has 4 rings (SSSR count). The summed E-state index contributed by atoms with van der Waals surface area (Å²) in [6.07, 6.45) is 0. The highest BCUT2D eigenvalue weighted by molar-refractivity contribution is 7.93. The van der Waals surface area contributed by atoms with Crippen molar-refractivity contribution in [1.29, 1.82) is 0 Å². The van der Waals surface area contributed by atoms with Crippen LogP contribution in [0.3, 0.4) is 0 Å². The minimum Gasteiger partial charge on any atom is -0.495 e. The number of rotatable bonds is 10. The van der Waals surface area contributed by atoms with Crippen LogP contribution in [0.2, 0.25) is 0 Å². The van der Waals surface area contributed by atoms with Crippen LogP contribution in [0.4, 0.5) is 21.5 Å². The normalized spacial score (nSPS) is 11.5. The molecule has 0 saturated heterocycles. The quantitative estimate of drug-likeness (QED) is 0.277. The Bertz CT molecular complexity index is 1710. The largest absolute Gasteiger partial charge is 0.495 e. The van der Waals surface area contributed by atoms with Crippen molar-refractivity contribution in [1.82, 2.24) is 0 Å². The third kappa shape index (κ3) is 6.58. The van der Waals surface area contributed by atoms with E-state index < -0.39 is 38.3 Å². The van der Waals surface area contributed by atoms with Crippen LogP contribution in [-0.2, 0) is 24.8 Å². The molecule has 0 aliphatic heterocycles. The maximum absolute atomic E-state index is 13.6. The molecule has 0 atom stereocenters. The lowest BCUT2D eigenvalue weighted by atomic mass is 10.2. The van der Waals surface area contributed by atoms with Gasteiger partial charge in [0.2, 0.25) is 5.91 Å². The van der Waals surface area contributed by atoms with Gasteiger partial charge in [-0.2, -0.15) is 0 Å². The van der Waals surface area contributed by atoms with Crippen molar-refractivity contribution in [2.75, 3.05) is 28.0 Å². The number of ether oxygens (including phenoxy) is 1. The Kier molecular flexibility index (Phi) is 8.40. The zero-order chi connectivity index (χ0) is 28.9. The predicted molar refractivity (Wildman–Crippen MR) is 151 cm³/mol. The lowest BCUT2D eigenvalue weighted by molar-refractivity contribution is -0.114. The Morgan fingerprint density at radius 2 is 1.38 bits per heavy atom. The van der Waals surface area contributed by atoms with Gasteiger partial charge in [-0.15, -0.1) is 0 Å². The number of sulfonamides is 2. The minimum absolute atomic E-state index is 0.0000187. The molecule has 0 bridgehead atoms. The molecule has 4 aromatic rings. The van der Waals surface area contributed by atoms with Gasteiger partial charge in [-0.1, -0.05) is 29.8 Å². The van der Waals surface area contributed by atoms with E-state index in [1.165, 1.54) is 61.7 Å². The second kappa shape index (κ2) is 11.8. The van der Waals surface area contributed by atoms with E-state index >= 15 is 0 Å². The SMILES string of the molecule is COc1ccccc1N(CC(=O)Nc1ccc(S(=O)(=O)Nc2ccc(F)cc2)cc1)S(=O)(=O)c1ccc(C)cc1. The van der Waals surface area contributed by atoms with Gasteiger partial charge in [0.05, 0.1) is 22.6 Å². The van der Waals surface area contributed by atoms with Gasteiger partial charge in [0.15, 0.2) is 0 Å². The molecular weight excluding hydrogens is 557 g/mol.